The molecule has 3 rings (SSSR count). The molecule has 1 heterocycles. The largest absolute Gasteiger partial charge is 0.508 e. The van der Waals surface area contributed by atoms with Gasteiger partial charge < -0.3 is 14.8 Å². The summed E-state index contributed by atoms with van der Waals surface area (Å²) in [6.07, 6.45) is 0. The minimum atomic E-state index is -1.13. The van der Waals surface area contributed by atoms with Crippen LogP contribution in [0, 0.1) is 6.92 Å². The lowest BCUT2D eigenvalue weighted by molar-refractivity contribution is 0.0699. The van der Waals surface area contributed by atoms with Crippen molar-refractivity contribution in [3.05, 3.63) is 63.3 Å². The number of phenols is 1. The summed E-state index contributed by atoms with van der Waals surface area (Å²) < 4.78 is 1.72. The van der Waals surface area contributed by atoms with Crippen LogP contribution in [-0.2, 0) is 6.54 Å². The Kier molecular flexibility index (Phi) is 3.96. The molecule has 2 N–H and O–H groups in total. The van der Waals surface area contributed by atoms with Crippen LogP contribution >= 0.6 is 23.2 Å². The molecule has 0 saturated carbocycles. The summed E-state index contributed by atoms with van der Waals surface area (Å²) in [6.45, 7) is 2.16. The van der Waals surface area contributed by atoms with Crippen LogP contribution in [0.1, 0.15) is 21.5 Å². The van der Waals surface area contributed by atoms with E-state index in [9.17, 15) is 15.0 Å². The summed E-state index contributed by atoms with van der Waals surface area (Å²) in [4.78, 5) is 11.5. The van der Waals surface area contributed by atoms with Crippen molar-refractivity contribution in [2.75, 3.05) is 0 Å². The van der Waals surface area contributed by atoms with E-state index in [2.05, 4.69) is 0 Å². The Labute approximate surface area is 142 Å². The lowest BCUT2D eigenvalue weighted by Gasteiger charge is -2.08. The number of aromatic nitrogens is 1. The molecule has 0 saturated heterocycles. The van der Waals surface area contributed by atoms with Crippen molar-refractivity contribution in [3.8, 4) is 5.75 Å². The van der Waals surface area contributed by atoms with Gasteiger partial charge in [-0.2, -0.15) is 0 Å². The monoisotopic (exact) mass is 349 g/mol. The van der Waals surface area contributed by atoms with E-state index in [0.717, 1.165) is 5.56 Å². The van der Waals surface area contributed by atoms with E-state index in [1.165, 1.54) is 6.07 Å². The Morgan fingerprint density at radius 1 is 1.17 bits per heavy atom. The first-order valence-electron chi connectivity index (χ1n) is 6.87. The molecule has 0 amide bonds. The van der Waals surface area contributed by atoms with Gasteiger partial charge in [0.15, 0.2) is 0 Å². The van der Waals surface area contributed by atoms with Crippen LogP contribution in [0.15, 0.2) is 36.4 Å². The number of phenolic OH excluding ortho intramolecular Hbond substituents is 1. The standard InChI is InChI=1S/C17H13Cl2NO3/c1-9-6-13-12(7-14(9)21)15(17(22)23)16(19)20(13)8-10-2-4-11(18)5-3-10/h2-7,21H,8H2,1H3,(H,22,23). The molecule has 0 fully saturated rings. The van der Waals surface area contributed by atoms with E-state index in [1.807, 2.05) is 12.1 Å². The van der Waals surface area contributed by atoms with Crippen molar-refractivity contribution in [1.82, 2.24) is 4.57 Å². The van der Waals surface area contributed by atoms with Gasteiger partial charge in [0.2, 0.25) is 0 Å². The average molecular weight is 350 g/mol. The topological polar surface area (TPSA) is 62.5 Å². The Morgan fingerprint density at radius 3 is 2.43 bits per heavy atom. The van der Waals surface area contributed by atoms with Crippen molar-refractivity contribution in [3.63, 3.8) is 0 Å². The third kappa shape index (κ3) is 2.76. The highest BCUT2D eigenvalue weighted by Gasteiger charge is 2.22. The molecule has 0 aliphatic heterocycles. The molecule has 2 aromatic carbocycles. The van der Waals surface area contributed by atoms with Gasteiger partial charge in [0.1, 0.15) is 16.5 Å². The van der Waals surface area contributed by atoms with Crippen LogP contribution in [0.3, 0.4) is 0 Å². The first-order valence-corrected chi connectivity index (χ1v) is 7.63. The number of fused-ring (bicyclic) bond motifs is 1. The van der Waals surface area contributed by atoms with E-state index in [4.69, 9.17) is 23.2 Å². The van der Waals surface area contributed by atoms with E-state index in [1.54, 1.807) is 29.7 Å². The van der Waals surface area contributed by atoms with Crippen LogP contribution in [0.4, 0.5) is 0 Å². The summed E-state index contributed by atoms with van der Waals surface area (Å²) in [5.41, 5.74) is 2.25. The number of hydrogen-bond acceptors (Lipinski definition) is 2. The maximum Gasteiger partial charge on any atom is 0.339 e. The van der Waals surface area contributed by atoms with Crippen molar-refractivity contribution in [2.45, 2.75) is 13.5 Å². The van der Waals surface area contributed by atoms with Gasteiger partial charge in [-0.05, 0) is 42.3 Å². The molecule has 4 nitrogen and oxygen atoms in total. The van der Waals surface area contributed by atoms with Gasteiger partial charge in [-0.1, -0.05) is 35.3 Å². The highest BCUT2D eigenvalue weighted by molar-refractivity contribution is 6.35. The minimum Gasteiger partial charge on any atom is -0.508 e. The van der Waals surface area contributed by atoms with Crippen LogP contribution < -0.4 is 0 Å². The quantitative estimate of drug-likeness (QED) is 0.719. The number of carboxylic acids is 1. The smallest absolute Gasteiger partial charge is 0.339 e. The molecule has 118 valence electrons. The molecular weight excluding hydrogens is 337 g/mol. The predicted octanol–water partition coefficient (Wildman–Crippen LogP) is 4.71. The number of hydrogen-bond donors (Lipinski definition) is 2. The number of carbonyl (C=O) groups is 1. The van der Waals surface area contributed by atoms with Gasteiger partial charge in [0.25, 0.3) is 0 Å². The van der Waals surface area contributed by atoms with Crippen molar-refractivity contribution in [2.24, 2.45) is 0 Å². The lowest BCUT2D eigenvalue weighted by atomic mass is 10.1. The summed E-state index contributed by atoms with van der Waals surface area (Å²) in [5.74, 6) is -1.08. The van der Waals surface area contributed by atoms with Crippen LogP contribution in [0.5, 0.6) is 5.75 Å². The van der Waals surface area contributed by atoms with Crippen molar-refractivity contribution >= 4 is 40.1 Å². The molecule has 1 aromatic heterocycles. The molecule has 0 atom stereocenters. The van der Waals surface area contributed by atoms with Gasteiger partial charge in [-0.15, -0.1) is 0 Å². The molecule has 0 radical (unpaired) electrons. The zero-order chi connectivity index (χ0) is 16.7. The SMILES string of the molecule is Cc1cc2c(cc1O)c(C(=O)O)c(Cl)n2Cc1ccc(Cl)cc1. The maximum absolute atomic E-state index is 11.5. The van der Waals surface area contributed by atoms with Crippen LogP contribution in [0.25, 0.3) is 10.9 Å². The number of benzene rings is 2. The zero-order valence-electron chi connectivity index (χ0n) is 12.2. The normalized spacial score (nSPS) is 11.1. The van der Waals surface area contributed by atoms with Crippen molar-refractivity contribution < 1.29 is 15.0 Å². The third-order valence-electron chi connectivity index (χ3n) is 3.79. The number of carboxylic acid groups (broad SMARTS) is 1. The maximum atomic E-state index is 11.5. The number of nitrogens with zero attached hydrogens (tertiary/aromatic N) is 1. The summed E-state index contributed by atoms with van der Waals surface area (Å²) >= 11 is 12.2. The van der Waals surface area contributed by atoms with Crippen LogP contribution in [0.2, 0.25) is 10.2 Å². The number of aromatic carboxylic acids is 1. The lowest BCUT2D eigenvalue weighted by Crippen LogP contribution is -2.01. The first kappa shape index (κ1) is 15.7. The Morgan fingerprint density at radius 2 is 1.83 bits per heavy atom. The Bertz CT molecular complexity index is 914. The molecule has 0 aliphatic rings. The first-order chi connectivity index (χ1) is 10.9. The van der Waals surface area contributed by atoms with Crippen molar-refractivity contribution in [1.29, 1.82) is 0 Å². The van der Waals surface area contributed by atoms with Gasteiger partial charge in [-0.25, -0.2) is 4.79 Å². The Hall–Kier alpha value is -2.17. The summed E-state index contributed by atoms with van der Waals surface area (Å²) in [6, 6.07) is 10.4. The molecular formula is C17H13Cl2NO3. The third-order valence-corrected chi connectivity index (χ3v) is 4.43. The molecule has 3 aromatic rings. The van der Waals surface area contributed by atoms with Gasteiger partial charge in [0, 0.05) is 17.0 Å². The van der Waals surface area contributed by atoms with E-state index >= 15 is 0 Å². The molecule has 6 heteroatoms. The number of halogens is 2. The molecule has 0 aliphatic carbocycles. The van der Waals surface area contributed by atoms with E-state index in [0.29, 0.717) is 28.0 Å². The second-order valence-corrected chi connectivity index (χ2v) is 6.13. The molecule has 0 unspecified atom stereocenters. The summed E-state index contributed by atoms with van der Waals surface area (Å²) in [5, 5.41) is 20.5. The number of aryl methyl sites for hydroxylation is 1. The fraction of sp³-hybridized carbons (Fsp3) is 0.118. The second-order valence-electron chi connectivity index (χ2n) is 5.34. The zero-order valence-corrected chi connectivity index (χ0v) is 13.7. The minimum absolute atomic E-state index is 0.00840. The highest BCUT2D eigenvalue weighted by Crippen LogP contribution is 2.34. The summed E-state index contributed by atoms with van der Waals surface area (Å²) in [7, 11) is 0. The predicted molar refractivity (Wildman–Crippen MR) is 90.9 cm³/mol. The van der Waals surface area contributed by atoms with Gasteiger partial charge >= 0.3 is 5.97 Å². The van der Waals surface area contributed by atoms with E-state index in [-0.39, 0.29) is 16.5 Å². The van der Waals surface area contributed by atoms with Gasteiger partial charge in [-0.3, -0.25) is 0 Å². The second kappa shape index (κ2) is 5.80. The van der Waals surface area contributed by atoms with E-state index < -0.39 is 5.97 Å². The average Bonchev–Trinajstić information content (AvgIpc) is 2.74. The molecule has 0 spiro atoms. The van der Waals surface area contributed by atoms with Crippen LogP contribution in [-0.4, -0.2) is 20.7 Å². The number of aromatic hydroxyl groups is 1. The Balaban J connectivity index is 2.23. The molecule has 0 bridgehead atoms. The fourth-order valence-corrected chi connectivity index (χ4v) is 3.05. The fourth-order valence-electron chi connectivity index (χ4n) is 2.59. The molecule has 23 heavy (non-hydrogen) atoms. The highest BCUT2D eigenvalue weighted by atomic mass is 35.5. The number of rotatable bonds is 3. The van der Waals surface area contributed by atoms with Gasteiger partial charge in [0.05, 0.1) is 5.52 Å².